The molecule has 84 valence electrons. The maximum absolute atomic E-state index is 11.9. The van der Waals surface area contributed by atoms with Crippen molar-refractivity contribution in [3.8, 4) is 0 Å². The number of aromatic nitrogens is 1. The van der Waals surface area contributed by atoms with E-state index in [1.165, 1.54) is 0 Å². The Balaban J connectivity index is 2.63. The van der Waals surface area contributed by atoms with E-state index >= 15 is 0 Å². The number of carbonyl (C=O) groups is 1. The minimum Gasteiger partial charge on any atom is -0.319 e. The molecule has 1 unspecified atom stereocenters. The number of ketones is 1. The van der Waals surface area contributed by atoms with E-state index in [1.54, 1.807) is 18.3 Å². The zero-order valence-corrected chi connectivity index (χ0v) is 10.4. The number of aryl methyl sites for hydroxylation is 1. The molecule has 0 aliphatic rings. The first-order valence-electron chi connectivity index (χ1n) is 5.19. The Morgan fingerprint density at radius 3 is 2.80 bits per heavy atom. The summed E-state index contributed by atoms with van der Waals surface area (Å²) in [5, 5.41) is 2.92. The lowest BCUT2D eigenvalue weighted by Gasteiger charge is -2.21. The van der Waals surface area contributed by atoms with Crippen molar-refractivity contribution < 1.29 is 4.79 Å². The van der Waals surface area contributed by atoms with Gasteiger partial charge in [-0.05, 0) is 20.3 Å². The van der Waals surface area contributed by atoms with E-state index in [1.807, 2.05) is 19.2 Å². The third-order valence-electron chi connectivity index (χ3n) is 2.41. The predicted molar refractivity (Wildman–Crippen MR) is 63.1 cm³/mol. The lowest BCUT2D eigenvalue weighted by atomic mass is 9.90. The molecule has 0 spiro atoms. The SMILES string of the molecule is CCCC(C)(N)C(=O)Cc1csc(C)n1. The monoisotopic (exact) mass is 226 g/mol. The molecular weight excluding hydrogens is 208 g/mol. The van der Waals surface area contributed by atoms with Crippen LogP contribution in [0, 0.1) is 6.92 Å². The van der Waals surface area contributed by atoms with Gasteiger partial charge in [0.2, 0.25) is 0 Å². The van der Waals surface area contributed by atoms with Gasteiger partial charge in [-0.1, -0.05) is 13.3 Å². The van der Waals surface area contributed by atoms with Gasteiger partial charge in [-0.3, -0.25) is 4.79 Å². The topological polar surface area (TPSA) is 56.0 Å². The number of nitrogens with zero attached hydrogens (tertiary/aromatic N) is 1. The van der Waals surface area contributed by atoms with Crippen LogP contribution in [0.1, 0.15) is 37.4 Å². The van der Waals surface area contributed by atoms with E-state index in [4.69, 9.17) is 5.73 Å². The highest BCUT2D eigenvalue weighted by Gasteiger charge is 2.27. The lowest BCUT2D eigenvalue weighted by Crippen LogP contribution is -2.45. The number of nitrogens with two attached hydrogens (primary N) is 1. The number of hydrogen-bond acceptors (Lipinski definition) is 4. The van der Waals surface area contributed by atoms with Crippen molar-refractivity contribution >= 4 is 17.1 Å². The molecule has 0 saturated heterocycles. The number of rotatable bonds is 5. The summed E-state index contributed by atoms with van der Waals surface area (Å²) in [6.45, 7) is 5.77. The van der Waals surface area contributed by atoms with E-state index in [0.717, 1.165) is 23.5 Å². The zero-order chi connectivity index (χ0) is 11.5. The summed E-state index contributed by atoms with van der Waals surface area (Å²) in [5.41, 5.74) is 6.09. The molecular formula is C11H18N2OS. The fraction of sp³-hybridized carbons (Fsp3) is 0.636. The average molecular weight is 226 g/mol. The van der Waals surface area contributed by atoms with Crippen LogP contribution in [0.25, 0.3) is 0 Å². The van der Waals surface area contributed by atoms with E-state index in [0.29, 0.717) is 6.42 Å². The lowest BCUT2D eigenvalue weighted by molar-refractivity contribution is -0.123. The molecule has 3 nitrogen and oxygen atoms in total. The second-order valence-corrected chi connectivity index (χ2v) is 5.19. The largest absolute Gasteiger partial charge is 0.319 e. The Bertz CT molecular complexity index is 344. The van der Waals surface area contributed by atoms with Crippen molar-refractivity contribution in [3.05, 3.63) is 16.1 Å². The normalized spacial score (nSPS) is 14.9. The maximum atomic E-state index is 11.9. The Kier molecular flexibility index (Phi) is 3.99. The highest BCUT2D eigenvalue weighted by Crippen LogP contribution is 2.15. The Morgan fingerprint density at radius 2 is 2.33 bits per heavy atom. The van der Waals surface area contributed by atoms with Crippen LogP contribution in [-0.2, 0) is 11.2 Å². The molecule has 1 aromatic heterocycles. The van der Waals surface area contributed by atoms with Crippen molar-refractivity contribution in [1.82, 2.24) is 4.98 Å². The van der Waals surface area contributed by atoms with Crippen LogP contribution in [-0.4, -0.2) is 16.3 Å². The molecule has 0 aliphatic heterocycles. The Hall–Kier alpha value is -0.740. The molecule has 0 amide bonds. The minimum absolute atomic E-state index is 0.0784. The summed E-state index contributed by atoms with van der Waals surface area (Å²) in [5.74, 6) is 0.0784. The van der Waals surface area contributed by atoms with Gasteiger partial charge in [-0.2, -0.15) is 0 Å². The quantitative estimate of drug-likeness (QED) is 0.836. The van der Waals surface area contributed by atoms with Gasteiger partial charge in [0.15, 0.2) is 5.78 Å². The third kappa shape index (κ3) is 3.39. The highest BCUT2D eigenvalue weighted by atomic mass is 32.1. The van der Waals surface area contributed by atoms with Gasteiger partial charge in [-0.25, -0.2) is 4.98 Å². The molecule has 15 heavy (non-hydrogen) atoms. The van der Waals surface area contributed by atoms with Gasteiger partial charge in [0, 0.05) is 5.38 Å². The molecule has 1 heterocycles. The van der Waals surface area contributed by atoms with Crippen LogP contribution >= 0.6 is 11.3 Å². The van der Waals surface area contributed by atoms with E-state index in [9.17, 15) is 4.79 Å². The van der Waals surface area contributed by atoms with Crippen LogP contribution in [0.4, 0.5) is 0 Å². The molecule has 4 heteroatoms. The molecule has 0 radical (unpaired) electrons. The second-order valence-electron chi connectivity index (χ2n) is 4.13. The molecule has 1 aromatic rings. The fourth-order valence-electron chi connectivity index (χ4n) is 1.51. The first-order chi connectivity index (χ1) is 6.95. The number of Topliss-reactive ketones (excluding diaryl/α,β-unsaturated/α-hetero) is 1. The number of hydrogen-bond donors (Lipinski definition) is 1. The van der Waals surface area contributed by atoms with Gasteiger partial charge >= 0.3 is 0 Å². The summed E-state index contributed by atoms with van der Waals surface area (Å²) in [4.78, 5) is 16.1. The van der Waals surface area contributed by atoms with E-state index in [2.05, 4.69) is 4.98 Å². The third-order valence-corrected chi connectivity index (χ3v) is 3.24. The molecule has 0 bridgehead atoms. The predicted octanol–water partition coefficient (Wildman–Crippen LogP) is 2.08. The van der Waals surface area contributed by atoms with Gasteiger partial charge in [0.05, 0.1) is 22.7 Å². The van der Waals surface area contributed by atoms with Crippen molar-refractivity contribution in [2.75, 3.05) is 0 Å². The molecule has 2 N–H and O–H groups in total. The number of thiazole rings is 1. The molecule has 0 fully saturated rings. The Morgan fingerprint density at radius 1 is 1.67 bits per heavy atom. The van der Waals surface area contributed by atoms with Crippen molar-refractivity contribution in [2.24, 2.45) is 5.73 Å². The molecule has 0 aromatic carbocycles. The van der Waals surface area contributed by atoms with Crippen LogP contribution in [0.3, 0.4) is 0 Å². The Labute approximate surface area is 94.7 Å². The van der Waals surface area contributed by atoms with Gasteiger partial charge in [0.1, 0.15) is 0 Å². The van der Waals surface area contributed by atoms with Gasteiger partial charge in [-0.15, -0.1) is 11.3 Å². The van der Waals surface area contributed by atoms with Crippen molar-refractivity contribution in [1.29, 1.82) is 0 Å². The fourth-order valence-corrected chi connectivity index (χ4v) is 2.13. The summed E-state index contributed by atoms with van der Waals surface area (Å²) in [6.07, 6.45) is 2.02. The molecule has 0 saturated carbocycles. The van der Waals surface area contributed by atoms with Gasteiger partial charge < -0.3 is 5.73 Å². The second kappa shape index (κ2) is 4.86. The first kappa shape index (κ1) is 12.3. The summed E-state index contributed by atoms with van der Waals surface area (Å²) in [6, 6.07) is 0. The molecule has 0 aliphatic carbocycles. The average Bonchev–Trinajstić information content (AvgIpc) is 2.51. The van der Waals surface area contributed by atoms with Crippen LogP contribution in [0.5, 0.6) is 0 Å². The molecule has 1 atom stereocenters. The number of carbonyl (C=O) groups excluding carboxylic acids is 1. The molecule has 1 rings (SSSR count). The standard InChI is InChI=1S/C11H18N2OS/c1-4-5-11(3,12)10(14)6-9-7-15-8(2)13-9/h7H,4-6,12H2,1-3H3. The highest BCUT2D eigenvalue weighted by molar-refractivity contribution is 7.09. The first-order valence-corrected chi connectivity index (χ1v) is 6.07. The van der Waals surface area contributed by atoms with E-state index in [-0.39, 0.29) is 5.78 Å². The maximum Gasteiger partial charge on any atom is 0.158 e. The summed E-state index contributed by atoms with van der Waals surface area (Å²) >= 11 is 1.57. The summed E-state index contributed by atoms with van der Waals surface area (Å²) in [7, 11) is 0. The zero-order valence-electron chi connectivity index (χ0n) is 9.54. The van der Waals surface area contributed by atoms with Gasteiger partial charge in [0.25, 0.3) is 0 Å². The van der Waals surface area contributed by atoms with Crippen LogP contribution in [0.15, 0.2) is 5.38 Å². The van der Waals surface area contributed by atoms with Crippen molar-refractivity contribution in [2.45, 2.75) is 45.6 Å². The minimum atomic E-state index is -0.702. The van der Waals surface area contributed by atoms with Crippen LogP contribution < -0.4 is 5.73 Å². The van der Waals surface area contributed by atoms with Crippen molar-refractivity contribution in [3.63, 3.8) is 0 Å². The van der Waals surface area contributed by atoms with E-state index < -0.39 is 5.54 Å². The van der Waals surface area contributed by atoms with Crippen LogP contribution in [0.2, 0.25) is 0 Å². The smallest absolute Gasteiger partial charge is 0.158 e. The summed E-state index contributed by atoms with van der Waals surface area (Å²) < 4.78 is 0.